The Morgan fingerprint density at radius 2 is 2.20 bits per heavy atom. The van der Waals surface area contributed by atoms with Crippen LogP contribution in [0.5, 0.6) is 0 Å². The summed E-state index contributed by atoms with van der Waals surface area (Å²) in [6.45, 7) is 3.38. The molecule has 1 fully saturated rings. The van der Waals surface area contributed by atoms with E-state index in [1.54, 1.807) is 0 Å². The van der Waals surface area contributed by atoms with Crippen LogP contribution in [-0.2, 0) is 33.3 Å². The minimum absolute atomic E-state index is 0.00579. The predicted octanol–water partition coefficient (Wildman–Crippen LogP) is -1.54. The van der Waals surface area contributed by atoms with Crippen LogP contribution in [0.3, 0.4) is 0 Å². The number of rotatable bonds is 6. The molecule has 1 saturated heterocycles. The van der Waals surface area contributed by atoms with Gasteiger partial charge in [0.2, 0.25) is 0 Å². The first kappa shape index (κ1) is 19.2. The largest absolute Gasteiger partial charge is 0.539 e. The molecule has 2 aliphatic rings. The van der Waals surface area contributed by atoms with E-state index in [1.165, 1.54) is 6.08 Å². The third-order valence-electron chi connectivity index (χ3n) is 3.17. The number of carbonyl (C=O) groups excluding carboxylic acids is 3. The van der Waals surface area contributed by atoms with Gasteiger partial charge >= 0.3 is 30.2 Å². The number of carbonyl (C=O) groups is 3. The van der Waals surface area contributed by atoms with Crippen molar-refractivity contribution in [2.24, 2.45) is 0 Å². The minimum Gasteiger partial charge on any atom is -0.539 e. The van der Waals surface area contributed by atoms with Crippen LogP contribution in [0.25, 0.3) is 0 Å². The van der Waals surface area contributed by atoms with Gasteiger partial charge in [0, 0.05) is 0 Å². The van der Waals surface area contributed by atoms with Crippen LogP contribution in [0.1, 0.15) is 0 Å². The van der Waals surface area contributed by atoms with Crippen molar-refractivity contribution in [3.8, 4) is 0 Å². The minimum atomic E-state index is -3.89. The molecule has 0 saturated carbocycles. The Kier molecular flexibility index (Phi) is 5.67. The standard InChI is InChI=1S/C12H15BN2O8S2/c1-3-4-21-12(18)14-7-9(16)15-8(11(17)22-13)6(5-24-10(7)15)23-25(2,19)20/h3,7,10H,1,4-5,13H2,2H3,(H,14,18)/t7-,10-/m1/s1. The van der Waals surface area contributed by atoms with Gasteiger partial charge in [0.15, 0.2) is 11.5 Å². The van der Waals surface area contributed by atoms with Crippen molar-refractivity contribution < 1.29 is 36.4 Å². The highest BCUT2D eigenvalue weighted by Crippen LogP contribution is 2.41. The summed E-state index contributed by atoms with van der Waals surface area (Å²) < 4.78 is 36.9. The van der Waals surface area contributed by atoms with E-state index in [9.17, 15) is 22.8 Å². The van der Waals surface area contributed by atoms with Crippen molar-refractivity contribution in [2.45, 2.75) is 11.4 Å². The van der Waals surface area contributed by atoms with Crippen LogP contribution in [-0.4, -0.2) is 69.4 Å². The number of amides is 2. The molecule has 0 spiro atoms. The highest BCUT2D eigenvalue weighted by atomic mass is 32.2. The summed E-state index contributed by atoms with van der Waals surface area (Å²) in [6, 6.07) is -0.915. The van der Waals surface area contributed by atoms with Crippen LogP contribution in [0, 0.1) is 0 Å². The number of β-lactam (4-membered cyclic amide) rings is 1. The molecule has 2 amide bonds. The molecule has 25 heavy (non-hydrogen) atoms. The lowest BCUT2D eigenvalue weighted by atomic mass is 10.1. The van der Waals surface area contributed by atoms with E-state index >= 15 is 0 Å². The number of nitrogens with one attached hydrogen (secondary N) is 1. The number of ether oxygens (including phenoxy) is 1. The molecule has 0 radical (unpaired) electrons. The molecule has 10 nitrogen and oxygen atoms in total. The van der Waals surface area contributed by atoms with E-state index in [1.807, 2.05) is 0 Å². The smallest absolute Gasteiger partial charge is 0.408 e. The van der Waals surface area contributed by atoms with Crippen molar-refractivity contribution in [1.82, 2.24) is 10.2 Å². The van der Waals surface area contributed by atoms with Gasteiger partial charge in [-0.1, -0.05) is 12.7 Å². The summed E-state index contributed by atoms with van der Waals surface area (Å²) in [4.78, 5) is 36.9. The second-order valence-corrected chi connectivity index (χ2v) is 7.65. The van der Waals surface area contributed by atoms with Crippen molar-refractivity contribution in [3.05, 3.63) is 24.1 Å². The van der Waals surface area contributed by atoms with Gasteiger partial charge in [-0.05, 0) is 0 Å². The average Bonchev–Trinajstić information content (AvgIpc) is 2.55. The summed E-state index contributed by atoms with van der Waals surface area (Å²) in [5.74, 6) is -1.71. The molecular formula is C12H15BN2O8S2. The normalized spacial score (nSPS) is 22.4. The molecule has 2 rings (SSSR count). The Balaban J connectivity index is 2.22. The first-order valence-corrected chi connectivity index (χ1v) is 9.76. The van der Waals surface area contributed by atoms with E-state index in [0.717, 1.165) is 31.0 Å². The fourth-order valence-corrected chi connectivity index (χ4v) is 4.06. The molecule has 0 aromatic rings. The summed E-state index contributed by atoms with van der Waals surface area (Å²) in [5.41, 5.74) is -0.292. The molecule has 2 aliphatic heterocycles. The zero-order chi connectivity index (χ0) is 18.8. The summed E-state index contributed by atoms with van der Waals surface area (Å²) in [5, 5.41) is 1.78. The lowest BCUT2D eigenvalue weighted by Gasteiger charge is -2.48. The van der Waals surface area contributed by atoms with E-state index in [2.05, 4.69) is 16.6 Å². The second kappa shape index (κ2) is 7.39. The van der Waals surface area contributed by atoms with E-state index < -0.39 is 39.5 Å². The molecule has 2 atom stereocenters. The number of hydrogen-bond donors (Lipinski definition) is 1. The SMILES string of the molecule is BOC(=O)C1=C(OS(C)(=O)=O)CS[C@@H]2[C@H](NC(=O)OCC=C)C(=O)N12. The fourth-order valence-electron chi connectivity index (χ4n) is 2.23. The Morgan fingerprint density at radius 3 is 2.76 bits per heavy atom. The van der Waals surface area contributed by atoms with Gasteiger partial charge in [0.05, 0.1) is 12.0 Å². The average molecular weight is 390 g/mol. The van der Waals surface area contributed by atoms with Gasteiger partial charge in [0.25, 0.3) is 5.91 Å². The first-order valence-electron chi connectivity index (χ1n) is 6.89. The van der Waals surface area contributed by atoms with Gasteiger partial charge in [0.1, 0.15) is 18.0 Å². The molecule has 0 bridgehead atoms. The number of hydrogen-bond acceptors (Lipinski definition) is 9. The molecule has 0 aliphatic carbocycles. The van der Waals surface area contributed by atoms with Crippen molar-refractivity contribution in [3.63, 3.8) is 0 Å². The van der Waals surface area contributed by atoms with Gasteiger partial charge in [-0.15, -0.1) is 11.8 Å². The van der Waals surface area contributed by atoms with E-state index in [0.29, 0.717) is 0 Å². The van der Waals surface area contributed by atoms with Gasteiger partial charge in [-0.3, -0.25) is 9.69 Å². The maximum atomic E-state index is 12.3. The Hall–Kier alpha value is -2.15. The molecule has 136 valence electrons. The van der Waals surface area contributed by atoms with Crippen LogP contribution >= 0.6 is 11.8 Å². The Bertz CT molecular complexity index is 750. The third kappa shape index (κ3) is 4.10. The monoisotopic (exact) mass is 390 g/mol. The molecular weight excluding hydrogens is 375 g/mol. The Morgan fingerprint density at radius 1 is 1.52 bits per heavy atom. The number of nitrogens with zero attached hydrogens (tertiary/aromatic N) is 1. The van der Waals surface area contributed by atoms with Gasteiger partial charge < -0.3 is 18.9 Å². The zero-order valence-electron chi connectivity index (χ0n) is 13.4. The lowest BCUT2D eigenvalue weighted by molar-refractivity contribution is -0.148. The van der Waals surface area contributed by atoms with Crippen molar-refractivity contribution in [1.29, 1.82) is 0 Å². The van der Waals surface area contributed by atoms with Crippen LogP contribution in [0.2, 0.25) is 0 Å². The van der Waals surface area contributed by atoms with Crippen molar-refractivity contribution in [2.75, 3.05) is 18.6 Å². The quantitative estimate of drug-likeness (QED) is 0.248. The molecule has 0 unspecified atom stereocenters. The van der Waals surface area contributed by atoms with Gasteiger partial charge in [-0.25, -0.2) is 9.59 Å². The maximum absolute atomic E-state index is 12.3. The summed E-state index contributed by atoms with van der Waals surface area (Å²) >= 11 is 1.13. The predicted molar refractivity (Wildman–Crippen MR) is 89.2 cm³/mol. The second-order valence-electron chi connectivity index (χ2n) is 4.97. The van der Waals surface area contributed by atoms with Gasteiger partial charge in [-0.2, -0.15) is 8.42 Å². The third-order valence-corrected chi connectivity index (χ3v) is 4.93. The molecule has 0 aromatic heterocycles. The molecule has 0 aromatic carbocycles. The highest BCUT2D eigenvalue weighted by Gasteiger charge is 2.55. The van der Waals surface area contributed by atoms with Crippen LogP contribution in [0.4, 0.5) is 4.79 Å². The Labute approximate surface area is 149 Å². The summed E-state index contributed by atoms with van der Waals surface area (Å²) in [7, 11) is -2.80. The zero-order valence-corrected chi connectivity index (χ0v) is 15.0. The first-order chi connectivity index (χ1) is 11.7. The molecule has 13 heteroatoms. The topological polar surface area (TPSA) is 128 Å². The maximum Gasteiger partial charge on any atom is 0.408 e. The molecule has 1 N–H and O–H groups in total. The van der Waals surface area contributed by atoms with E-state index in [4.69, 9.17) is 8.92 Å². The van der Waals surface area contributed by atoms with E-state index in [-0.39, 0.29) is 23.8 Å². The highest BCUT2D eigenvalue weighted by molar-refractivity contribution is 8.00. The number of thioether (sulfide) groups is 1. The van der Waals surface area contributed by atoms with Crippen LogP contribution < -0.4 is 5.32 Å². The number of alkyl carbamates (subject to hydrolysis) is 1. The lowest BCUT2D eigenvalue weighted by Crippen LogP contribution is -2.70. The molecule has 2 heterocycles. The van der Waals surface area contributed by atoms with Crippen LogP contribution in [0.15, 0.2) is 24.1 Å². The fraction of sp³-hybridized carbons (Fsp3) is 0.417. The number of fused-ring (bicyclic) bond motifs is 1. The van der Waals surface area contributed by atoms with Crippen molar-refractivity contribution >= 4 is 47.9 Å². The summed E-state index contributed by atoms with van der Waals surface area (Å²) in [6.07, 6.45) is 1.39.